The van der Waals surface area contributed by atoms with Crippen LogP contribution in [0.15, 0.2) is 36.7 Å². The van der Waals surface area contributed by atoms with E-state index >= 15 is 0 Å². The van der Waals surface area contributed by atoms with Crippen LogP contribution in [-0.2, 0) is 7.05 Å². The second-order valence-electron chi connectivity index (χ2n) is 5.99. The van der Waals surface area contributed by atoms with Crippen LogP contribution in [0.5, 0.6) is 0 Å². The summed E-state index contributed by atoms with van der Waals surface area (Å²) in [6.07, 6.45) is 5.63. The third-order valence-electron chi connectivity index (χ3n) is 4.46. The Morgan fingerprint density at radius 3 is 3.04 bits per heavy atom. The number of nitrogens with zero attached hydrogens (tertiary/aromatic N) is 3. The number of nitrogens with one attached hydrogen (secondary N) is 1. The minimum atomic E-state index is -0.317. The van der Waals surface area contributed by atoms with Gasteiger partial charge in [-0.05, 0) is 31.0 Å². The highest BCUT2D eigenvalue weighted by Crippen LogP contribution is 2.33. The summed E-state index contributed by atoms with van der Waals surface area (Å²) < 4.78 is 15.6. The fourth-order valence-corrected chi connectivity index (χ4v) is 3.36. The van der Waals surface area contributed by atoms with Gasteiger partial charge in [-0.2, -0.15) is 5.10 Å². The van der Waals surface area contributed by atoms with Crippen molar-refractivity contribution in [1.82, 2.24) is 19.7 Å². The van der Waals surface area contributed by atoms with Crippen LogP contribution in [0, 0.1) is 5.82 Å². The number of aryl methyl sites for hydroxylation is 1. The maximum absolute atomic E-state index is 13.8. The Balaban J connectivity index is 1.68. The van der Waals surface area contributed by atoms with Crippen LogP contribution in [0.2, 0.25) is 0 Å². The number of carbonyl (C=O) groups is 1. The molecule has 0 saturated carbocycles. The first kappa shape index (κ1) is 14.0. The first-order valence-corrected chi connectivity index (χ1v) is 7.70. The van der Waals surface area contributed by atoms with E-state index in [4.69, 9.17) is 0 Å². The lowest BCUT2D eigenvalue weighted by molar-refractivity contribution is 0.0730. The first-order valence-electron chi connectivity index (χ1n) is 7.70. The third-order valence-corrected chi connectivity index (χ3v) is 4.46. The average Bonchev–Trinajstić information content (AvgIpc) is 3.24. The first-order chi connectivity index (χ1) is 11.1. The molecule has 2 aromatic heterocycles. The van der Waals surface area contributed by atoms with E-state index in [0.29, 0.717) is 23.1 Å². The Morgan fingerprint density at radius 1 is 1.43 bits per heavy atom. The van der Waals surface area contributed by atoms with Gasteiger partial charge in [-0.3, -0.25) is 9.48 Å². The lowest BCUT2D eigenvalue weighted by Crippen LogP contribution is -2.30. The maximum atomic E-state index is 13.8. The van der Waals surface area contributed by atoms with E-state index in [1.54, 1.807) is 29.1 Å². The molecular formula is C17H17FN4O. The normalized spacial score (nSPS) is 18.0. The van der Waals surface area contributed by atoms with Gasteiger partial charge in [0.1, 0.15) is 11.5 Å². The number of likely N-dealkylation sites (tertiary alicyclic amines) is 1. The Kier molecular flexibility index (Phi) is 3.18. The highest BCUT2D eigenvalue weighted by atomic mass is 19.1. The van der Waals surface area contributed by atoms with Crippen LogP contribution < -0.4 is 0 Å². The number of carbonyl (C=O) groups excluding carboxylic acids is 1. The van der Waals surface area contributed by atoms with E-state index in [9.17, 15) is 9.18 Å². The van der Waals surface area contributed by atoms with Crippen molar-refractivity contribution in [2.24, 2.45) is 7.05 Å². The molecule has 0 aliphatic carbocycles. The third kappa shape index (κ3) is 2.30. The lowest BCUT2D eigenvalue weighted by Gasteiger charge is -2.23. The van der Waals surface area contributed by atoms with Crippen LogP contribution in [0.3, 0.4) is 0 Å². The minimum absolute atomic E-state index is 0.0347. The zero-order valence-corrected chi connectivity index (χ0v) is 12.8. The van der Waals surface area contributed by atoms with E-state index in [0.717, 1.165) is 18.4 Å². The molecule has 23 heavy (non-hydrogen) atoms. The van der Waals surface area contributed by atoms with Crippen LogP contribution in [0.4, 0.5) is 4.39 Å². The Morgan fingerprint density at radius 2 is 2.30 bits per heavy atom. The number of hydrogen-bond acceptors (Lipinski definition) is 2. The summed E-state index contributed by atoms with van der Waals surface area (Å²) in [7, 11) is 1.87. The van der Waals surface area contributed by atoms with Crippen LogP contribution >= 0.6 is 0 Å². The molecule has 3 heterocycles. The quantitative estimate of drug-likeness (QED) is 0.791. The van der Waals surface area contributed by atoms with Crippen molar-refractivity contribution in [1.29, 1.82) is 0 Å². The number of halogens is 1. The predicted octanol–water partition coefficient (Wildman–Crippen LogP) is 3.02. The van der Waals surface area contributed by atoms with E-state index in [1.807, 2.05) is 18.1 Å². The molecule has 1 amide bonds. The molecule has 1 aliphatic heterocycles. The number of hydrogen-bond donors (Lipinski definition) is 1. The maximum Gasteiger partial charge on any atom is 0.270 e. The zero-order chi connectivity index (χ0) is 16.0. The van der Waals surface area contributed by atoms with Gasteiger partial charge in [-0.1, -0.05) is 6.07 Å². The van der Waals surface area contributed by atoms with Gasteiger partial charge in [0, 0.05) is 36.3 Å². The second kappa shape index (κ2) is 5.22. The number of aromatic nitrogens is 3. The smallest absolute Gasteiger partial charge is 0.270 e. The van der Waals surface area contributed by atoms with Crippen LogP contribution in [0.25, 0.3) is 10.9 Å². The monoisotopic (exact) mass is 312 g/mol. The summed E-state index contributed by atoms with van der Waals surface area (Å²) in [5, 5.41) is 4.65. The minimum Gasteiger partial charge on any atom is -0.350 e. The summed E-state index contributed by atoms with van der Waals surface area (Å²) in [4.78, 5) is 17.7. The van der Waals surface area contributed by atoms with E-state index in [1.165, 1.54) is 6.07 Å². The standard InChI is InChI=1S/C17H17FN4O/c1-21-10-11(9-19-21)16-6-3-7-22(16)17(23)15-8-12-13(18)4-2-5-14(12)20-15/h2,4-5,8-10,16,20H,3,6-7H2,1H3/t16-/m0/s1. The SMILES string of the molecule is Cn1cc([C@@H]2CCCN2C(=O)c2cc3c(F)cccc3[nH]2)cn1. The lowest BCUT2D eigenvalue weighted by atomic mass is 10.1. The highest BCUT2D eigenvalue weighted by molar-refractivity contribution is 5.98. The fourth-order valence-electron chi connectivity index (χ4n) is 3.36. The Hall–Kier alpha value is -2.63. The van der Waals surface area contributed by atoms with Gasteiger partial charge in [-0.25, -0.2) is 4.39 Å². The number of H-pyrrole nitrogens is 1. The molecule has 0 unspecified atom stereocenters. The molecule has 1 atom stereocenters. The fraction of sp³-hybridized carbons (Fsp3) is 0.294. The topological polar surface area (TPSA) is 53.9 Å². The van der Waals surface area contributed by atoms with Crippen LogP contribution in [0.1, 0.15) is 34.9 Å². The molecule has 5 nitrogen and oxygen atoms in total. The molecule has 118 valence electrons. The summed E-state index contributed by atoms with van der Waals surface area (Å²) in [6.45, 7) is 0.705. The molecule has 1 N–H and O–H groups in total. The van der Waals surface area contributed by atoms with Crippen molar-refractivity contribution in [3.63, 3.8) is 0 Å². The van der Waals surface area contributed by atoms with Gasteiger partial charge < -0.3 is 9.88 Å². The highest BCUT2D eigenvalue weighted by Gasteiger charge is 2.32. The molecule has 1 saturated heterocycles. The van der Waals surface area contributed by atoms with Gasteiger partial charge in [0.2, 0.25) is 0 Å². The molecule has 0 spiro atoms. The Labute approximate surface area is 132 Å². The van der Waals surface area contributed by atoms with E-state index in [2.05, 4.69) is 10.1 Å². The van der Waals surface area contributed by atoms with Crippen molar-refractivity contribution < 1.29 is 9.18 Å². The van der Waals surface area contributed by atoms with Crippen molar-refractivity contribution in [3.8, 4) is 0 Å². The zero-order valence-electron chi connectivity index (χ0n) is 12.8. The molecule has 1 fully saturated rings. The largest absolute Gasteiger partial charge is 0.350 e. The molecule has 0 radical (unpaired) electrons. The van der Waals surface area contributed by atoms with Crippen molar-refractivity contribution in [2.75, 3.05) is 6.54 Å². The van der Waals surface area contributed by atoms with Gasteiger partial charge in [0.05, 0.1) is 12.2 Å². The number of fused-ring (bicyclic) bond motifs is 1. The number of benzene rings is 1. The Bertz CT molecular complexity index is 882. The molecule has 1 aliphatic rings. The molecule has 3 aromatic rings. The number of amides is 1. The second-order valence-corrected chi connectivity index (χ2v) is 5.99. The van der Waals surface area contributed by atoms with Crippen LogP contribution in [-0.4, -0.2) is 32.1 Å². The van der Waals surface area contributed by atoms with Gasteiger partial charge in [0.25, 0.3) is 5.91 Å². The van der Waals surface area contributed by atoms with E-state index < -0.39 is 0 Å². The number of aromatic amines is 1. The summed E-state index contributed by atoms with van der Waals surface area (Å²) in [5.74, 6) is -0.407. The summed E-state index contributed by atoms with van der Waals surface area (Å²) in [5.41, 5.74) is 2.12. The molecule has 4 rings (SSSR count). The van der Waals surface area contributed by atoms with Gasteiger partial charge in [0.15, 0.2) is 0 Å². The summed E-state index contributed by atoms with van der Waals surface area (Å²) in [6, 6.07) is 6.45. The van der Waals surface area contributed by atoms with Crippen molar-refractivity contribution in [3.05, 3.63) is 53.7 Å². The van der Waals surface area contributed by atoms with E-state index in [-0.39, 0.29) is 17.8 Å². The van der Waals surface area contributed by atoms with Gasteiger partial charge >= 0.3 is 0 Å². The molecule has 0 bridgehead atoms. The predicted molar refractivity (Wildman–Crippen MR) is 84.5 cm³/mol. The molecular weight excluding hydrogens is 295 g/mol. The van der Waals surface area contributed by atoms with Gasteiger partial charge in [-0.15, -0.1) is 0 Å². The van der Waals surface area contributed by atoms with Crippen molar-refractivity contribution in [2.45, 2.75) is 18.9 Å². The molecule has 1 aromatic carbocycles. The number of rotatable bonds is 2. The van der Waals surface area contributed by atoms with Crippen molar-refractivity contribution >= 4 is 16.8 Å². The summed E-state index contributed by atoms with van der Waals surface area (Å²) >= 11 is 0. The average molecular weight is 312 g/mol. The molecule has 6 heteroatoms.